The van der Waals surface area contributed by atoms with E-state index in [9.17, 15) is 18.0 Å². The summed E-state index contributed by atoms with van der Waals surface area (Å²) in [6.45, 7) is 5.15. The van der Waals surface area contributed by atoms with Gasteiger partial charge in [0.25, 0.3) is 0 Å². The number of para-hydroxylation sites is 1. The van der Waals surface area contributed by atoms with Crippen molar-refractivity contribution in [3.8, 4) is 0 Å². The van der Waals surface area contributed by atoms with Gasteiger partial charge in [-0.3, -0.25) is 13.9 Å². The van der Waals surface area contributed by atoms with Crippen LogP contribution in [0.1, 0.15) is 39.2 Å². The fourth-order valence-electron chi connectivity index (χ4n) is 3.44. The Hall–Kier alpha value is -1.81. The first kappa shape index (κ1) is 29.4. The average Bonchev–Trinajstić information content (AvgIpc) is 2.78. The number of amides is 2. The van der Waals surface area contributed by atoms with Gasteiger partial charge >= 0.3 is 0 Å². The second kappa shape index (κ2) is 12.9. The Labute approximate surface area is 225 Å². The van der Waals surface area contributed by atoms with Crippen LogP contribution in [0.15, 0.2) is 46.9 Å². The predicted octanol–water partition coefficient (Wildman–Crippen LogP) is 5.24. The summed E-state index contributed by atoms with van der Waals surface area (Å²) in [6, 6.07) is 10.7. The average molecular weight is 607 g/mol. The molecule has 2 aromatic rings. The molecule has 0 radical (unpaired) electrons. The Bertz CT molecular complexity index is 1160. The highest BCUT2D eigenvalue weighted by Crippen LogP contribution is 2.29. The Kier molecular flexibility index (Phi) is 10.9. The molecule has 0 saturated carbocycles. The Morgan fingerprint density at radius 3 is 2.29 bits per heavy atom. The highest BCUT2D eigenvalue weighted by Gasteiger charge is 2.32. The van der Waals surface area contributed by atoms with E-state index in [1.54, 1.807) is 49.4 Å². The van der Waals surface area contributed by atoms with Gasteiger partial charge in [0, 0.05) is 27.1 Å². The minimum absolute atomic E-state index is 0.00876. The molecule has 0 saturated heterocycles. The molecule has 2 rings (SSSR count). The van der Waals surface area contributed by atoms with Crippen LogP contribution in [0.3, 0.4) is 0 Å². The molecule has 7 nitrogen and oxygen atoms in total. The number of hydrogen-bond acceptors (Lipinski definition) is 4. The van der Waals surface area contributed by atoms with Crippen molar-refractivity contribution in [2.75, 3.05) is 17.1 Å². The Balaban J connectivity index is 2.49. The molecule has 0 aliphatic rings. The van der Waals surface area contributed by atoms with E-state index in [1.807, 2.05) is 13.8 Å². The van der Waals surface area contributed by atoms with Gasteiger partial charge in [-0.05, 0) is 65.5 Å². The topological polar surface area (TPSA) is 86.8 Å². The molecule has 0 bridgehead atoms. The first-order valence-corrected chi connectivity index (χ1v) is 14.5. The number of carbonyl (C=O) groups is 2. The molecule has 0 unspecified atom stereocenters. The quantitative estimate of drug-likeness (QED) is 0.379. The highest BCUT2D eigenvalue weighted by molar-refractivity contribution is 9.10. The third-order valence-electron chi connectivity index (χ3n) is 5.54. The van der Waals surface area contributed by atoms with Crippen molar-refractivity contribution in [1.29, 1.82) is 0 Å². The Morgan fingerprint density at radius 1 is 1.09 bits per heavy atom. The standard InChI is InChI=1S/C24H30BrCl2N3O4S/c1-5-16(3)28-24(32)21(6-2)29(14-17-11-12-18(26)13-20(17)27)23(31)15-30(35(4,33)34)22-10-8-7-9-19(22)25/h7-13,16,21H,5-6,14-15H2,1-4H3,(H,28,32)/t16-,21-/m0/s1. The van der Waals surface area contributed by atoms with E-state index in [-0.39, 0.29) is 18.5 Å². The van der Waals surface area contributed by atoms with Gasteiger partial charge in [-0.15, -0.1) is 0 Å². The number of benzene rings is 2. The summed E-state index contributed by atoms with van der Waals surface area (Å²) in [5.41, 5.74) is 0.913. The lowest BCUT2D eigenvalue weighted by molar-refractivity contribution is -0.140. The molecule has 0 fully saturated rings. The zero-order chi connectivity index (χ0) is 26.3. The van der Waals surface area contributed by atoms with Gasteiger partial charge in [0.2, 0.25) is 21.8 Å². The molecule has 0 aliphatic carbocycles. The first-order chi connectivity index (χ1) is 16.4. The summed E-state index contributed by atoms with van der Waals surface area (Å²) in [7, 11) is -3.82. The summed E-state index contributed by atoms with van der Waals surface area (Å²) < 4.78 is 26.9. The van der Waals surface area contributed by atoms with E-state index in [0.717, 1.165) is 17.0 Å². The Morgan fingerprint density at radius 2 is 1.74 bits per heavy atom. The smallest absolute Gasteiger partial charge is 0.244 e. The van der Waals surface area contributed by atoms with E-state index < -0.39 is 28.5 Å². The van der Waals surface area contributed by atoms with Crippen LogP contribution in [0.2, 0.25) is 10.0 Å². The highest BCUT2D eigenvalue weighted by atomic mass is 79.9. The largest absolute Gasteiger partial charge is 0.352 e. The van der Waals surface area contributed by atoms with Gasteiger partial charge in [-0.25, -0.2) is 8.42 Å². The van der Waals surface area contributed by atoms with Crippen LogP contribution in [0, 0.1) is 0 Å². The SMILES string of the molecule is CC[C@H](C)NC(=O)[C@H](CC)N(Cc1ccc(Cl)cc1Cl)C(=O)CN(c1ccccc1Br)S(C)(=O)=O. The lowest BCUT2D eigenvalue weighted by atomic mass is 10.1. The van der Waals surface area contributed by atoms with Gasteiger partial charge in [0.05, 0.1) is 11.9 Å². The molecular formula is C24H30BrCl2N3O4S. The molecule has 0 heterocycles. The van der Waals surface area contributed by atoms with E-state index >= 15 is 0 Å². The lowest BCUT2D eigenvalue weighted by Gasteiger charge is -2.33. The van der Waals surface area contributed by atoms with E-state index in [2.05, 4.69) is 21.2 Å². The van der Waals surface area contributed by atoms with Gasteiger partial charge < -0.3 is 10.2 Å². The first-order valence-electron chi connectivity index (χ1n) is 11.1. The minimum atomic E-state index is -3.82. The number of rotatable bonds is 11. The molecule has 0 spiro atoms. The van der Waals surface area contributed by atoms with Crippen LogP contribution < -0.4 is 9.62 Å². The maximum atomic E-state index is 13.7. The van der Waals surface area contributed by atoms with Crippen LogP contribution in [0.25, 0.3) is 0 Å². The van der Waals surface area contributed by atoms with Crippen molar-refractivity contribution in [3.63, 3.8) is 0 Å². The number of halogens is 3. The third-order valence-corrected chi connectivity index (χ3v) is 7.93. The molecule has 2 amide bonds. The van der Waals surface area contributed by atoms with Crippen LogP contribution in [-0.4, -0.2) is 50.0 Å². The maximum absolute atomic E-state index is 13.7. The zero-order valence-corrected chi connectivity index (χ0v) is 24.0. The van der Waals surface area contributed by atoms with Crippen molar-refractivity contribution in [2.24, 2.45) is 0 Å². The summed E-state index contributed by atoms with van der Waals surface area (Å²) in [5, 5.41) is 3.71. The summed E-state index contributed by atoms with van der Waals surface area (Å²) in [5.74, 6) is -0.851. The summed E-state index contributed by atoms with van der Waals surface area (Å²) in [6.07, 6.45) is 2.09. The summed E-state index contributed by atoms with van der Waals surface area (Å²) in [4.78, 5) is 28.2. The zero-order valence-electron chi connectivity index (χ0n) is 20.1. The number of anilines is 1. The monoisotopic (exact) mass is 605 g/mol. The molecule has 0 aromatic heterocycles. The second-order valence-electron chi connectivity index (χ2n) is 8.22. The van der Waals surface area contributed by atoms with E-state index in [1.165, 1.54) is 4.90 Å². The van der Waals surface area contributed by atoms with Crippen LogP contribution in [0.5, 0.6) is 0 Å². The molecule has 11 heteroatoms. The van der Waals surface area contributed by atoms with Crippen molar-refractivity contribution < 1.29 is 18.0 Å². The number of hydrogen-bond donors (Lipinski definition) is 1. The number of nitrogens with zero attached hydrogens (tertiary/aromatic N) is 2. The van der Waals surface area contributed by atoms with Gasteiger partial charge in [0.1, 0.15) is 12.6 Å². The molecule has 0 aliphatic heterocycles. The predicted molar refractivity (Wildman–Crippen MR) is 145 cm³/mol. The minimum Gasteiger partial charge on any atom is -0.352 e. The molecule has 2 atom stereocenters. The third kappa shape index (κ3) is 8.10. The number of nitrogens with one attached hydrogen (secondary N) is 1. The molecule has 192 valence electrons. The van der Waals surface area contributed by atoms with Crippen molar-refractivity contribution in [1.82, 2.24) is 10.2 Å². The fourth-order valence-corrected chi connectivity index (χ4v) is 5.39. The van der Waals surface area contributed by atoms with E-state index in [4.69, 9.17) is 23.2 Å². The number of sulfonamides is 1. The van der Waals surface area contributed by atoms with Gasteiger partial charge in [-0.1, -0.05) is 55.2 Å². The van der Waals surface area contributed by atoms with Gasteiger partial charge in [0.15, 0.2) is 0 Å². The normalized spacial score (nSPS) is 13.1. The fraction of sp³-hybridized carbons (Fsp3) is 0.417. The number of carbonyl (C=O) groups excluding carboxylic acids is 2. The maximum Gasteiger partial charge on any atom is 0.244 e. The molecule has 2 aromatic carbocycles. The van der Waals surface area contributed by atoms with Crippen molar-refractivity contribution >= 4 is 66.7 Å². The van der Waals surface area contributed by atoms with Crippen LogP contribution in [-0.2, 0) is 26.2 Å². The summed E-state index contributed by atoms with van der Waals surface area (Å²) >= 11 is 15.8. The van der Waals surface area contributed by atoms with Gasteiger partial charge in [-0.2, -0.15) is 0 Å². The molecule has 1 N–H and O–H groups in total. The molecular weight excluding hydrogens is 577 g/mol. The van der Waals surface area contributed by atoms with Crippen molar-refractivity contribution in [3.05, 3.63) is 62.5 Å². The van der Waals surface area contributed by atoms with Crippen molar-refractivity contribution in [2.45, 2.75) is 52.2 Å². The van der Waals surface area contributed by atoms with E-state index in [0.29, 0.717) is 32.2 Å². The van der Waals surface area contributed by atoms with Crippen LogP contribution in [0.4, 0.5) is 5.69 Å². The molecule has 35 heavy (non-hydrogen) atoms. The second-order valence-corrected chi connectivity index (χ2v) is 11.8. The lowest BCUT2D eigenvalue weighted by Crippen LogP contribution is -2.53. The van der Waals surface area contributed by atoms with Crippen LogP contribution >= 0.6 is 39.1 Å².